The number of halogens is 6. The van der Waals surface area contributed by atoms with Crippen LogP contribution in [0.4, 0.5) is 26.3 Å². The number of alkyl halides is 6. The molecule has 2 N–H and O–H groups in total. The molecule has 208 valence electrons. The maximum Gasteiger partial charge on any atom is 0.416 e. The molecule has 0 aliphatic heterocycles. The highest BCUT2D eigenvalue weighted by Gasteiger charge is 2.42. The van der Waals surface area contributed by atoms with Crippen LogP contribution in [0.1, 0.15) is 59.7 Å². The summed E-state index contributed by atoms with van der Waals surface area (Å²) in [7, 11) is 0. The summed E-state index contributed by atoms with van der Waals surface area (Å²) in [6.07, 6.45) is -6.49. The Hall–Kier alpha value is -3.76. The van der Waals surface area contributed by atoms with Crippen LogP contribution in [0.3, 0.4) is 0 Å². The lowest BCUT2D eigenvalue weighted by Gasteiger charge is -2.31. The summed E-state index contributed by atoms with van der Waals surface area (Å²) in [4.78, 5) is 25.4. The molecule has 0 bridgehead atoms. The third-order valence-corrected chi connectivity index (χ3v) is 7.17. The van der Waals surface area contributed by atoms with E-state index in [9.17, 15) is 41.0 Å². The number of carboxylic acids is 1. The number of aliphatic carboxylic acids is 1. The minimum atomic E-state index is -4.69. The average molecular weight is 553 g/mol. The Morgan fingerprint density at radius 1 is 0.923 bits per heavy atom. The number of carbonyl (C=O) groups excluding carboxylic acids is 1. The van der Waals surface area contributed by atoms with Gasteiger partial charge in [-0.15, -0.1) is 0 Å². The van der Waals surface area contributed by atoms with Crippen molar-refractivity contribution in [1.82, 2.24) is 5.32 Å². The van der Waals surface area contributed by atoms with Crippen LogP contribution in [0, 0.1) is 5.41 Å². The van der Waals surface area contributed by atoms with E-state index in [2.05, 4.69) is 5.32 Å². The Morgan fingerprint density at radius 3 is 2.05 bits per heavy atom. The lowest BCUT2D eigenvalue weighted by Crippen LogP contribution is -2.50. The molecule has 3 aromatic carbocycles. The second kappa shape index (κ2) is 10.4. The zero-order valence-electron chi connectivity index (χ0n) is 20.7. The zero-order valence-corrected chi connectivity index (χ0v) is 20.7. The first-order chi connectivity index (χ1) is 18.2. The minimum Gasteiger partial charge on any atom is -0.487 e. The molecule has 1 aliphatic carbocycles. The van der Waals surface area contributed by atoms with Crippen molar-refractivity contribution in [2.24, 2.45) is 5.41 Å². The van der Waals surface area contributed by atoms with Gasteiger partial charge in [-0.3, -0.25) is 4.79 Å². The molecular weight excluding hydrogens is 528 g/mol. The first-order valence-electron chi connectivity index (χ1n) is 12.2. The normalized spacial score (nSPS) is 16.2. The Morgan fingerprint density at radius 2 is 1.49 bits per heavy atom. The third kappa shape index (κ3) is 6.12. The number of carboxylic acid groups (broad SMARTS) is 1. The van der Waals surface area contributed by atoms with Crippen molar-refractivity contribution in [3.8, 4) is 5.75 Å². The quantitative estimate of drug-likeness (QED) is 0.303. The molecule has 1 fully saturated rings. The van der Waals surface area contributed by atoms with Gasteiger partial charge in [-0.05, 0) is 59.5 Å². The van der Waals surface area contributed by atoms with E-state index in [1.54, 1.807) is 6.92 Å². The van der Waals surface area contributed by atoms with Gasteiger partial charge in [-0.2, -0.15) is 26.3 Å². The first-order valence-corrected chi connectivity index (χ1v) is 12.2. The van der Waals surface area contributed by atoms with Gasteiger partial charge in [-0.25, -0.2) is 4.79 Å². The van der Waals surface area contributed by atoms with E-state index in [0.29, 0.717) is 18.2 Å². The number of benzene rings is 3. The van der Waals surface area contributed by atoms with Crippen molar-refractivity contribution >= 4 is 22.6 Å². The van der Waals surface area contributed by atoms with Crippen molar-refractivity contribution in [2.45, 2.75) is 57.6 Å². The van der Waals surface area contributed by atoms with Crippen LogP contribution in [-0.4, -0.2) is 23.0 Å². The second-order valence-electron chi connectivity index (χ2n) is 9.97. The van der Waals surface area contributed by atoms with Crippen molar-refractivity contribution < 1.29 is 45.8 Å². The van der Waals surface area contributed by atoms with E-state index in [1.165, 1.54) is 18.2 Å². The van der Waals surface area contributed by atoms with Crippen molar-refractivity contribution in [3.05, 3.63) is 76.9 Å². The van der Waals surface area contributed by atoms with Gasteiger partial charge in [0.2, 0.25) is 0 Å². The first kappa shape index (κ1) is 28.3. The van der Waals surface area contributed by atoms with E-state index < -0.39 is 46.8 Å². The number of ether oxygens (including phenoxy) is 1. The molecule has 11 heteroatoms. The topological polar surface area (TPSA) is 75.6 Å². The number of hydrogen-bond donors (Lipinski definition) is 2. The number of nitrogens with one attached hydrogen (secondary N) is 1. The van der Waals surface area contributed by atoms with Gasteiger partial charge in [-0.1, -0.05) is 44.0 Å². The lowest BCUT2D eigenvalue weighted by molar-refractivity contribution is -0.142. The van der Waals surface area contributed by atoms with Crippen LogP contribution in [0.25, 0.3) is 10.8 Å². The largest absolute Gasteiger partial charge is 0.487 e. The van der Waals surface area contributed by atoms with Gasteiger partial charge < -0.3 is 15.2 Å². The number of fused-ring (bicyclic) bond motifs is 1. The summed E-state index contributed by atoms with van der Waals surface area (Å²) in [6, 6.07) is 8.42. The van der Waals surface area contributed by atoms with E-state index in [-0.39, 0.29) is 28.9 Å². The fourth-order valence-electron chi connectivity index (χ4n) is 4.96. The number of rotatable bonds is 7. The highest BCUT2D eigenvalue weighted by atomic mass is 19.4. The van der Waals surface area contributed by atoms with Gasteiger partial charge in [0.15, 0.2) is 0 Å². The predicted molar refractivity (Wildman–Crippen MR) is 130 cm³/mol. The average Bonchev–Trinajstić information content (AvgIpc) is 3.31. The third-order valence-electron chi connectivity index (χ3n) is 7.17. The molecular formula is C28H25F6NO4. The van der Waals surface area contributed by atoms with Crippen LogP contribution in [0.2, 0.25) is 0 Å². The molecule has 4 rings (SSSR count). The highest BCUT2D eigenvalue weighted by molar-refractivity contribution is 6.05. The van der Waals surface area contributed by atoms with Gasteiger partial charge in [0, 0.05) is 5.39 Å². The molecule has 5 nitrogen and oxygen atoms in total. The monoisotopic (exact) mass is 553 g/mol. The SMILES string of the molecule is CC1([C@H](NC(=O)c2ccc3ccc(C(F)(F)F)cc3c2OCc2ccc(C(F)(F)F)cc2)C(=O)O)CCCC1. The van der Waals surface area contributed by atoms with E-state index in [1.807, 2.05) is 0 Å². The summed E-state index contributed by atoms with van der Waals surface area (Å²) >= 11 is 0. The lowest BCUT2D eigenvalue weighted by atomic mass is 9.80. The zero-order chi connectivity index (χ0) is 28.6. The van der Waals surface area contributed by atoms with Gasteiger partial charge in [0.25, 0.3) is 5.91 Å². The maximum absolute atomic E-state index is 13.5. The van der Waals surface area contributed by atoms with E-state index in [0.717, 1.165) is 49.2 Å². The van der Waals surface area contributed by atoms with E-state index in [4.69, 9.17) is 4.74 Å². The molecule has 0 unspecified atom stereocenters. The molecule has 0 radical (unpaired) electrons. The Kier molecular flexibility index (Phi) is 7.55. The number of amides is 1. The summed E-state index contributed by atoms with van der Waals surface area (Å²) in [5.41, 5.74) is -2.50. The van der Waals surface area contributed by atoms with Crippen molar-refractivity contribution in [3.63, 3.8) is 0 Å². The number of hydrogen-bond acceptors (Lipinski definition) is 3. The van der Waals surface area contributed by atoms with Crippen LogP contribution in [0.15, 0.2) is 54.6 Å². The molecule has 0 spiro atoms. The molecule has 1 saturated carbocycles. The fourth-order valence-corrected chi connectivity index (χ4v) is 4.96. The summed E-state index contributed by atoms with van der Waals surface area (Å²) in [5.74, 6) is -2.32. The molecule has 3 aromatic rings. The van der Waals surface area contributed by atoms with Crippen LogP contribution in [0.5, 0.6) is 5.75 Å². The van der Waals surface area contributed by atoms with Crippen molar-refractivity contribution in [1.29, 1.82) is 0 Å². The molecule has 0 saturated heterocycles. The minimum absolute atomic E-state index is 0.0525. The van der Waals surface area contributed by atoms with Crippen LogP contribution < -0.4 is 10.1 Å². The molecule has 1 atom stereocenters. The van der Waals surface area contributed by atoms with E-state index >= 15 is 0 Å². The van der Waals surface area contributed by atoms with Crippen LogP contribution in [-0.2, 0) is 23.8 Å². The van der Waals surface area contributed by atoms with Crippen LogP contribution >= 0.6 is 0 Å². The standard InChI is InChI=1S/C28H25F6NO4/c1-26(12-2-3-13-26)23(25(37)38)35-24(36)20-11-7-17-6-10-19(28(32,33)34)14-21(17)22(20)39-15-16-4-8-18(9-5-16)27(29,30)31/h4-11,14,23H,2-3,12-13,15H2,1H3,(H,35,36)(H,37,38)/t23-/m1/s1. The Labute approximate surface area is 219 Å². The molecule has 1 aliphatic rings. The van der Waals surface area contributed by atoms with Crippen molar-refractivity contribution in [2.75, 3.05) is 0 Å². The molecule has 0 heterocycles. The van der Waals surface area contributed by atoms with Gasteiger partial charge in [0.05, 0.1) is 16.7 Å². The summed E-state index contributed by atoms with van der Waals surface area (Å²) in [6.45, 7) is 1.41. The summed E-state index contributed by atoms with van der Waals surface area (Å²) < 4.78 is 85.0. The maximum atomic E-state index is 13.5. The molecule has 39 heavy (non-hydrogen) atoms. The molecule has 0 aromatic heterocycles. The number of carbonyl (C=O) groups is 2. The second-order valence-corrected chi connectivity index (χ2v) is 9.97. The summed E-state index contributed by atoms with van der Waals surface area (Å²) in [5, 5.41) is 12.6. The predicted octanol–water partition coefficient (Wildman–Crippen LogP) is 7.22. The van der Waals surface area contributed by atoms with Gasteiger partial charge >= 0.3 is 18.3 Å². The fraction of sp³-hybridized carbons (Fsp3) is 0.357. The van der Waals surface area contributed by atoms with Gasteiger partial charge in [0.1, 0.15) is 18.4 Å². The Balaban J connectivity index is 1.73. The smallest absolute Gasteiger partial charge is 0.416 e. The molecule has 1 amide bonds. The Bertz CT molecular complexity index is 1380. The highest BCUT2D eigenvalue weighted by Crippen LogP contribution is 2.41.